The van der Waals surface area contributed by atoms with Gasteiger partial charge in [0.25, 0.3) is 6.47 Å². The summed E-state index contributed by atoms with van der Waals surface area (Å²) in [5.41, 5.74) is 6.69. The van der Waals surface area contributed by atoms with E-state index in [1.54, 1.807) is 19.1 Å². The molecular weight excluding hydrogens is 727 g/mol. The van der Waals surface area contributed by atoms with Gasteiger partial charge in [0.15, 0.2) is 0 Å². The van der Waals surface area contributed by atoms with Crippen molar-refractivity contribution in [1.29, 1.82) is 0 Å². The van der Waals surface area contributed by atoms with E-state index in [0.29, 0.717) is 25.0 Å². The second-order valence-corrected chi connectivity index (χ2v) is 16.3. The monoisotopic (exact) mass is 808 g/mol. The van der Waals surface area contributed by atoms with E-state index < -0.39 is 6.10 Å². The molecule has 0 aliphatic carbocycles. The van der Waals surface area contributed by atoms with Crippen LogP contribution in [0.25, 0.3) is 0 Å². The molecule has 8 unspecified atom stereocenters. The minimum atomic E-state index is -0.394. The van der Waals surface area contributed by atoms with Crippen molar-refractivity contribution in [3.8, 4) is 0 Å². The molecule has 330 valence electrons. The average molecular weight is 808 g/mol. The van der Waals surface area contributed by atoms with Crippen LogP contribution in [-0.2, 0) is 39.9 Å². The van der Waals surface area contributed by atoms with Gasteiger partial charge >= 0.3 is 0 Å². The first-order valence-corrected chi connectivity index (χ1v) is 20.6. The zero-order valence-electron chi connectivity index (χ0n) is 38.1. The van der Waals surface area contributed by atoms with Crippen LogP contribution in [0.5, 0.6) is 0 Å². The molecule has 1 heterocycles. The fourth-order valence-electron chi connectivity index (χ4n) is 7.17. The SMILES string of the molecule is CC(C)C(C(N)=O)N(C)C(C)C.CCC(C)C(C(CC(=O)N1CCCC1C(OC)C(C)C=O)OC)N(C)C(=O)CC(C)C.CNC(C)Cc1ccccc1.O=CO. The first-order chi connectivity index (χ1) is 26.7. The molecular formula is C44H81N5O8. The highest BCUT2D eigenvalue weighted by Crippen LogP contribution is 2.29. The van der Waals surface area contributed by atoms with E-state index in [4.69, 9.17) is 25.1 Å². The molecule has 1 aliphatic heterocycles. The summed E-state index contributed by atoms with van der Waals surface area (Å²) < 4.78 is 11.4. The van der Waals surface area contributed by atoms with Gasteiger partial charge in [-0.25, -0.2) is 0 Å². The maximum absolute atomic E-state index is 13.3. The highest BCUT2D eigenvalue weighted by atomic mass is 16.5. The Hall–Kier alpha value is -3.39. The zero-order valence-corrected chi connectivity index (χ0v) is 38.1. The first-order valence-electron chi connectivity index (χ1n) is 20.6. The fourth-order valence-corrected chi connectivity index (χ4v) is 7.17. The molecule has 0 saturated carbocycles. The second-order valence-electron chi connectivity index (χ2n) is 16.3. The Morgan fingerprint density at radius 1 is 0.965 bits per heavy atom. The van der Waals surface area contributed by atoms with Gasteiger partial charge in [-0.2, -0.15) is 0 Å². The van der Waals surface area contributed by atoms with Crippen LogP contribution in [0, 0.1) is 23.7 Å². The molecule has 0 radical (unpaired) electrons. The van der Waals surface area contributed by atoms with Crippen molar-refractivity contribution in [2.75, 3.05) is 41.9 Å². The minimum absolute atomic E-state index is 0.00693. The highest BCUT2D eigenvalue weighted by Gasteiger charge is 2.40. The van der Waals surface area contributed by atoms with E-state index in [9.17, 15) is 19.2 Å². The van der Waals surface area contributed by atoms with Gasteiger partial charge in [0.1, 0.15) is 6.29 Å². The number of nitrogens with two attached hydrogens (primary N) is 1. The van der Waals surface area contributed by atoms with E-state index >= 15 is 0 Å². The number of carbonyl (C=O) groups excluding carboxylic acids is 4. The van der Waals surface area contributed by atoms with E-state index in [1.807, 2.05) is 71.6 Å². The Kier molecular flexibility index (Phi) is 30.0. The summed E-state index contributed by atoms with van der Waals surface area (Å²) in [4.78, 5) is 62.5. The number of hydrogen-bond acceptors (Lipinski definition) is 9. The third kappa shape index (κ3) is 20.7. The molecule has 1 saturated heterocycles. The van der Waals surface area contributed by atoms with E-state index in [0.717, 1.165) is 32.0 Å². The number of likely N-dealkylation sites (N-methyl/N-ethyl adjacent to an activating group) is 3. The van der Waals surface area contributed by atoms with Crippen molar-refractivity contribution in [2.45, 2.75) is 150 Å². The van der Waals surface area contributed by atoms with E-state index in [1.165, 1.54) is 5.56 Å². The number of carbonyl (C=O) groups is 5. The zero-order chi connectivity index (χ0) is 44.4. The number of hydrogen-bond donors (Lipinski definition) is 3. The van der Waals surface area contributed by atoms with Gasteiger partial charge in [-0.05, 0) is 77.4 Å². The largest absolute Gasteiger partial charge is 0.483 e. The standard InChI is InChI=1S/C24H44N2O5.C10H15N.C9H20N2O.CH2O2/c1-9-17(4)23(25(6)21(28)13-16(2)3)20(30-7)14-22(29)26-12-10-11-19(26)24(31-8)18(5)15-27;1-9(11-2)8-10-6-4-3-5-7-10;1-6(2)8(9(10)12)11(5)7(3)4;2-1-3/h15-20,23-24H,9-14H2,1-8H3;3-7,9,11H,8H2,1-2H3;6-8H,1-5H3,(H2,10,12);1H,(H,2,3). The molecule has 0 aromatic heterocycles. The lowest BCUT2D eigenvalue weighted by Gasteiger charge is -2.39. The van der Waals surface area contributed by atoms with Crippen LogP contribution in [0.2, 0.25) is 0 Å². The van der Waals surface area contributed by atoms with Crippen LogP contribution in [0.3, 0.4) is 0 Å². The molecule has 4 N–H and O–H groups in total. The summed E-state index contributed by atoms with van der Waals surface area (Å²) in [6, 6.07) is 11.0. The molecule has 1 aromatic rings. The van der Waals surface area contributed by atoms with Crippen LogP contribution in [0.4, 0.5) is 0 Å². The van der Waals surface area contributed by atoms with Gasteiger partial charge in [0.05, 0.1) is 36.8 Å². The van der Waals surface area contributed by atoms with E-state index in [2.05, 4.69) is 64.2 Å². The van der Waals surface area contributed by atoms with Crippen molar-refractivity contribution in [2.24, 2.45) is 29.4 Å². The van der Waals surface area contributed by atoms with Gasteiger partial charge < -0.3 is 40.2 Å². The molecule has 13 heteroatoms. The molecule has 1 aliphatic rings. The lowest BCUT2D eigenvalue weighted by Crippen LogP contribution is -2.52. The predicted octanol–water partition coefficient (Wildman–Crippen LogP) is 5.53. The summed E-state index contributed by atoms with van der Waals surface area (Å²) in [5, 5.41) is 10.1. The van der Waals surface area contributed by atoms with E-state index in [-0.39, 0.29) is 78.5 Å². The highest BCUT2D eigenvalue weighted by molar-refractivity contribution is 5.80. The normalized spacial score (nSPS) is 17.4. The van der Waals surface area contributed by atoms with Crippen LogP contribution >= 0.6 is 0 Å². The quantitative estimate of drug-likeness (QED) is 0.143. The number of ether oxygens (including phenoxy) is 2. The average Bonchev–Trinajstić information content (AvgIpc) is 3.64. The lowest BCUT2D eigenvalue weighted by molar-refractivity contribution is -0.145. The summed E-state index contributed by atoms with van der Waals surface area (Å²) in [6.45, 7) is 20.8. The van der Waals surface area contributed by atoms with Gasteiger partial charge in [-0.3, -0.25) is 24.1 Å². The number of methoxy groups -OCH3 is 2. The minimum Gasteiger partial charge on any atom is -0.483 e. The first kappa shape index (κ1) is 55.7. The van der Waals surface area contributed by atoms with Crippen molar-refractivity contribution >= 4 is 30.5 Å². The number of nitrogens with zero attached hydrogens (tertiary/aromatic N) is 3. The molecule has 8 atom stereocenters. The van der Waals surface area contributed by atoms with Crippen LogP contribution in [0.1, 0.15) is 107 Å². The molecule has 0 spiro atoms. The fraction of sp³-hybridized carbons (Fsp3) is 0.750. The Balaban J connectivity index is 0. The maximum atomic E-state index is 13.3. The number of likely N-dealkylation sites (tertiary alicyclic amines) is 1. The summed E-state index contributed by atoms with van der Waals surface area (Å²) in [7, 11) is 8.96. The molecule has 0 bridgehead atoms. The number of amides is 3. The topological polar surface area (TPSA) is 172 Å². The van der Waals surface area contributed by atoms with Gasteiger partial charge in [0.2, 0.25) is 17.7 Å². The Morgan fingerprint density at radius 3 is 1.91 bits per heavy atom. The maximum Gasteiger partial charge on any atom is 0.290 e. The number of carboxylic acid groups (broad SMARTS) is 1. The summed E-state index contributed by atoms with van der Waals surface area (Å²) in [5.74, 6) is 0.285. The van der Waals surface area contributed by atoms with Crippen LogP contribution < -0.4 is 11.1 Å². The van der Waals surface area contributed by atoms with Crippen molar-refractivity contribution in [3.63, 3.8) is 0 Å². The number of nitrogens with one attached hydrogen (secondary N) is 1. The second kappa shape index (κ2) is 30.7. The predicted molar refractivity (Wildman–Crippen MR) is 230 cm³/mol. The summed E-state index contributed by atoms with van der Waals surface area (Å²) in [6.07, 6.45) is 4.56. The van der Waals surface area contributed by atoms with Crippen LogP contribution in [0.15, 0.2) is 30.3 Å². The lowest BCUT2D eigenvalue weighted by atomic mass is 9.90. The van der Waals surface area contributed by atoms with Gasteiger partial charge in [0, 0.05) is 52.2 Å². The molecule has 1 aromatic carbocycles. The smallest absolute Gasteiger partial charge is 0.290 e. The Labute approximate surface area is 345 Å². The van der Waals surface area contributed by atoms with Gasteiger partial charge in [-0.15, -0.1) is 0 Å². The molecule has 3 amide bonds. The number of aldehydes is 1. The summed E-state index contributed by atoms with van der Waals surface area (Å²) >= 11 is 0. The molecule has 13 nitrogen and oxygen atoms in total. The van der Waals surface area contributed by atoms with Crippen molar-refractivity contribution in [1.82, 2.24) is 20.0 Å². The Bertz CT molecular complexity index is 1250. The molecule has 2 rings (SSSR count). The third-order valence-corrected chi connectivity index (χ3v) is 10.8. The van der Waals surface area contributed by atoms with Crippen LogP contribution in [-0.4, -0.2) is 135 Å². The molecule has 1 fully saturated rings. The third-order valence-electron chi connectivity index (χ3n) is 10.8. The molecule has 57 heavy (non-hydrogen) atoms. The number of primary amides is 1. The Morgan fingerprint density at radius 2 is 1.53 bits per heavy atom. The number of benzene rings is 1. The van der Waals surface area contributed by atoms with Crippen molar-refractivity contribution in [3.05, 3.63) is 35.9 Å². The van der Waals surface area contributed by atoms with Crippen molar-refractivity contribution < 1.29 is 38.6 Å². The number of rotatable bonds is 20. The van der Waals surface area contributed by atoms with Gasteiger partial charge in [-0.1, -0.05) is 85.2 Å².